The SMILES string of the molecule is CCOc1ccc(-c2noc(C3=C(C)N(Cc4ccco4)C(=S)NC3c3ccc(F)cc3)n2)cc1. The van der Waals surface area contributed by atoms with Gasteiger partial charge < -0.3 is 23.9 Å². The summed E-state index contributed by atoms with van der Waals surface area (Å²) in [5.74, 6) is 2.01. The van der Waals surface area contributed by atoms with Crippen molar-refractivity contribution < 1.29 is 18.1 Å². The van der Waals surface area contributed by atoms with Crippen molar-refractivity contribution in [3.63, 3.8) is 0 Å². The van der Waals surface area contributed by atoms with Crippen LogP contribution in [0.4, 0.5) is 4.39 Å². The number of rotatable bonds is 7. The summed E-state index contributed by atoms with van der Waals surface area (Å²) in [6.07, 6.45) is 1.62. The maximum atomic E-state index is 13.6. The Bertz CT molecular complexity index is 1350. The second-order valence-corrected chi connectivity index (χ2v) is 8.37. The lowest BCUT2D eigenvalue weighted by atomic mass is 9.94. The number of ether oxygens (including phenoxy) is 1. The maximum Gasteiger partial charge on any atom is 0.258 e. The molecule has 1 unspecified atom stereocenters. The first-order valence-electron chi connectivity index (χ1n) is 11.2. The molecule has 0 spiro atoms. The molecule has 0 radical (unpaired) electrons. The minimum Gasteiger partial charge on any atom is -0.494 e. The van der Waals surface area contributed by atoms with E-state index in [1.54, 1.807) is 18.4 Å². The van der Waals surface area contributed by atoms with Crippen LogP contribution in [0.1, 0.15) is 37.1 Å². The van der Waals surface area contributed by atoms with Crippen LogP contribution in [-0.2, 0) is 6.54 Å². The van der Waals surface area contributed by atoms with Crippen molar-refractivity contribution in [3.05, 3.63) is 95.7 Å². The average Bonchev–Trinajstić information content (AvgIpc) is 3.55. The number of hydrogen-bond acceptors (Lipinski definition) is 6. The molecule has 4 aromatic rings. The Balaban J connectivity index is 1.55. The fourth-order valence-electron chi connectivity index (χ4n) is 4.03. The highest BCUT2D eigenvalue weighted by molar-refractivity contribution is 7.80. The molecule has 2 aromatic carbocycles. The van der Waals surface area contributed by atoms with Gasteiger partial charge in [-0.1, -0.05) is 17.3 Å². The summed E-state index contributed by atoms with van der Waals surface area (Å²) < 4.78 is 30.4. The van der Waals surface area contributed by atoms with Crippen LogP contribution in [0.3, 0.4) is 0 Å². The van der Waals surface area contributed by atoms with Gasteiger partial charge in [0.1, 0.15) is 17.3 Å². The van der Waals surface area contributed by atoms with Gasteiger partial charge in [-0.25, -0.2) is 4.39 Å². The molecule has 0 saturated carbocycles. The van der Waals surface area contributed by atoms with Gasteiger partial charge >= 0.3 is 0 Å². The van der Waals surface area contributed by atoms with Crippen molar-refractivity contribution in [3.8, 4) is 17.1 Å². The first-order chi connectivity index (χ1) is 17.0. The fraction of sp³-hybridized carbons (Fsp3) is 0.192. The molecule has 0 fully saturated rings. The van der Waals surface area contributed by atoms with Gasteiger partial charge in [0.25, 0.3) is 5.89 Å². The van der Waals surface area contributed by atoms with Crippen LogP contribution in [0.25, 0.3) is 17.0 Å². The molecule has 5 rings (SSSR count). The molecule has 2 aromatic heterocycles. The topological polar surface area (TPSA) is 76.6 Å². The zero-order valence-corrected chi connectivity index (χ0v) is 20.0. The molecule has 0 bridgehead atoms. The highest BCUT2D eigenvalue weighted by Gasteiger charge is 2.34. The molecule has 35 heavy (non-hydrogen) atoms. The van der Waals surface area contributed by atoms with Crippen LogP contribution in [0.5, 0.6) is 5.75 Å². The lowest BCUT2D eigenvalue weighted by molar-refractivity contribution is 0.340. The molecule has 0 saturated heterocycles. The Morgan fingerprint density at radius 2 is 1.89 bits per heavy atom. The predicted molar refractivity (Wildman–Crippen MR) is 133 cm³/mol. The van der Waals surface area contributed by atoms with Crippen LogP contribution >= 0.6 is 12.2 Å². The zero-order valence-electron chi connectivity index (χ0n) is 19.2. The number of allylic oxidation sites excluding steroid dienone is 1. The van der Waals surface area contributed by atoms with E-state index in [4.69, 9.17) is 30.9 Å². The monoisotopic (exact) mass is 490 g/mol. The standard InChI is InChI=1S/C26H23FN4O3S/c1-3-32-20-12-8-18(9-13-20)24-29-25(34-30-24)22-16(2)31(15-21-5-4-14-33-21)26(35)28-23(22)17-6-10-19(27)11-7-17/h4-14,23H,3,15H2,1-2H3,(H,28,35). The van der Waals surface area contributed by atoms with Gasteiger partial charge in [-0.15, -0.1) is 0 Å². The number of halogens is 1. The molecule has 1 N–H and O–H groups in total. The van der Waals surface area contributed by atoms with E-state index >= 15 is 0 Å². The molecular formula is C26H23FN4O3S. The number of thiocarbonyl (C=S) groups is 1. The number of benzene rings is 2. The molecule has 7 nitrogen and oxygen atoms in total. The van der Waals surface area contributed by atoms with Crippen molar-refractivity contribution in [2.45, 2.75) is 26.4 Å². The van der Waals surface area contributed by atoms with E-state index in [9.17, 15) is 4.39 Å². The van der Waals surface area contributed by atoms with Gasteiger partial charge in [-0.2, -0.15) is 4.98 Å². The molecule has 178 valence electrons. The van der Waals surface area contributed by atoms with E-state index in [1.807, 2.05) is 55.1 Å². The van der Waals surface area contributed by atoms with E-state index in [-0.39, 0.29) is 5.82 Å². The second kappa shape index (κ2) is 9.71. The largest absolute Gasteiger partial charge is 0.494 e. The third-order valence-electron chi connectivity index (χ3n) is 5.77. The van der Waals surface area contributed by atoms with Gasteiger partial charge in [0.05, 0.1) is 31.0 Å². The Labute approximate surface area is 207 Å². The molecule has 3 heterocycles. The predicted octanol–water partition coefficient (Wildman–Crippen LogP) is 5.73. The Morgan fingerprint density at radius 1 is 1.11 bits per heavy atom. The van der Waals surface area contributed by atoms with Crippen molar-refractivity contribution in [1.82, 2.24) is 20.4 Å². The molecule has 9 heteroatoms. The Hall–Kier alpha value is -3.98. The summed E-state index contributed by atoms with van der Waals surface area (Å²) in [5.41, 5.74) is 3.20. The van der Waals surface area contributed by atoms with Gasteiger partial charge in [0, 0.05) is 11.3 Å². The molecular weight excluding hydrogens is 467 g/mol. The summed E-state index contributed by atoms with van der Waals surface area (Å²) in [6, 6.07) is 17.1. The molecule has 1 aliphatic heterocycles. The normalized spacial score (nSPS) is 15.9. The maximum absolute atomic E-state index is 13.6. The average molecular weight is 491 g/mol. The molecule has 1 aliphatic rings. The minimum absolute atomic E-state index is 0.315. The number of nitrogens with one attached hydrogen (secondary N) is 1. The molecule has 0 amide bonds. The smallest absolute Gasteiger partial charge is 0.258 e. The lowest BCUT2D eigenvalue weighted by Gasteiger charge is -2.37. The van der Waals surface area contributed by atoms with Crippen LogP contribution in [0, 0.1) is 5.82 Å². The van der Waals surface area contributed by atoms with E-state index < -0.39 is 6.04 Å². The summed E-state index contributed by atoms with van der Waals surface area (Å²) in [5, 5.41) is 8.09. The van der Waals surface area contributed by atoms with Crippen LogP contribution < -0.4 is 10.1 Å². The molecule has 1 atom stereocenters. The summed E-state index contributed by atoms with van der Waals surface area (Å²) in [7, 11) is 0. The number of aromatic nitrogens is 2. The fourth-order valence-corrected chi connectivity index (χ4v) is 4.35. The highest BCUT2D eigenvalue weighted by atomic mass is 32.1. The second-order valence-electron chi connectivity index (χ2n) is 7.98. The lowest BCUT2D eigenvalue weighted by Crippen LogP contribution is -2.45. The van der Waals surface area contributed by atoms with Gasteiger partial charge in [-0.05, 0) is 80.2 Å². The van der Waals surface area contributed by atoms with Crippen LogP contribution in [-0.4, -0.2) is 26.8 Å². The quantitative estimate of drug-likeness (QED) is 0.329. The van der Waals surface area contributed by atoms with Crippen LogP contribution in [0.15, 0.2) is 81.6 Å². The van der Waals surface area contributed by atoms with Gasteiger partial charge in [0.15, 0.2) is 5.11 Å². The molecule has 0 aliphatic carbocycles. The van der Waals surface area contributed by atoms with E-state index in [0.29, 0.717) is 30.0 Å². The minimum atomic E-state index is -0.399. The summed E-state index contributed by atoms with van der Waals surface area (Å²) in [4.78, 5) is 6.62. The highest BCUT2D eigenvalue weighted by Crippen LogP contribution is 2.38. The first kappa shape index (κ1) is 22.8. The van der Waals surface area contributed by atoms with Crippen molar-refractivity contribution in [1.29, 1.82) is 0 Å². The Kier molecular flexibility index (Phi) is 6.33. The number of hydrogen-bond donors (Lipinski definition) is 1. The van der Waals surface area contributed by atoms with Crippen molar-refractivity contribution >= 4 is 22.9 Å². The number of nitrogens with zero attached hydrogens (tertiary/aromatic N) is 3. The van der Waals surface area contributed by atoms with Crippen molar-refractivity contribution in [2.75, 3.05) is 6.61 Å². The van der Waals surface area contributed by atoms with E-state index in [2.05, 4.69) is 10.5 Å². The summed E-state index contributed by atoms with van der Waals surface area (Å²) in [6.45, 7) is 4.91. The van der Waals surface area contributed by atoms with Gasteiger partial charge in [0.2, 0.25) is 5.82 Å². The Morgan fingerprint density at radius 3 is 2.57 bits per heavy atom. The first-order valence-corrected chi connectivity index (χ1v) is 11.6. The third kappa shape index (κ3) is 4.67. The van der Waals surface area contributed by atoms with E-state index in [0.717, 1.165) is 33.9 Å². The van der Waals surface area contributed by atoms with Crippen LogP contribution in [0.2, 0.25) is 0 Å². The van der Waals surface area contributed by atoms with E-state index in [1.165, 1.54) is 12.1 Å². The number of furan rings is 1. The van der Waals surface area contributed by atoms with Crippen molar-refractivity contribution in [2.24, 2.45) is 0 Å². The summed E-state index contributed by atoms with van der Waals surface area (Å²) >= 11 is 5.68. The third-order valence-corrected chi connectivity index (χ3v) is 6.11. The van der Waals surface area contributed by atoms with Gasteiger partial charge in [-0.3, -0.25) is 0 Å². The zero-order chi connectivity index (χ0) is 24.4.